The molecule has 24 heavy (non-hydrogen) atoms. The van der Waals surface area contributed by atoms with Crippen molar-refractivity contribution in [2.75, 3.05) is 0 Å². The summed E-state index contributed by atoms with van der Waals surface area (Å²) in [5.41, 5.74) is -0.847. The molecule has 0 aliphatic rings. The van der Waals surface area contributed by atoms with Gasteiger partial charge in [-0.2, -0.15) is 13.9 Å². The van der Waals surface area contributed by atoms with Gasteiger partial charge in [0.05, 0.1) is 11.3 Å². The van der Waals surface area contributed by atoms with Crippen LogP contribution in [-0.4, -0.2) is 40.3 Å². The average Bonchev–Trinajstić information content (AvgIpc) is 2.50. The van der Waals surface area contributed by atoms with E-state index in [-0.39, 0.29) is 16.3 Å². The van der Waals surface area contributed by atoms with E-state index in [2.05, 4.69) is 0 Å². The summed E-state index contributed by atoms with van der Waals surface area (Å²) in [7, 11) is -4.46. The van der Waals surface area contributed by atoms with E-state index in [0.29, 0.717) is 0 Å². The number of hydrogen-bond donors (Lipinski definition) is 5. The summed E-state index contributed by atoms with van der Waals surface area (Å²) in [4.78, 5) is 22.3. The Morgan fingerprint density at radius 3 is 2.29 bits per heavy atom. The predicted molar refractivity (Wildman–Crippen MR) is 80.3 cm³/mol. The highest BCUT2D eigenvalue weighted by atomic mass is 32.2. The topological polar surface area (TPSA) is 161 Å². The van der Waals surface area contributed by atoms with Crippen molar-refractivity contribution in [3.63, 3.8) is 0 Å². The number of rotatable bonds is 6. The van der Waals surface area contributed by atoms with Crippen LogP contribution in [0.1, 0.15) is 12.0 Å². The first-order chi connectivity index (χ1) is 11.1. The van der Waals surface area contributed by atoms with Crippen LogP contribution in [0.3, 0.4) is 0 Å². The van der Waals surface area contributed by atoms with Crippen LogP contribution in [0.25, 0.3) is 10.8 Å². The quantitative estimate of drug-likeness (QED) is 0.373. The van der Waals surface area contributed by atoms with Crippen molar-refractivity contribution in [2.24, 2.45) is 0 Å². The number of hydrogen-bond acceptors (Lipinski definition) is 6. The van der Waals surface area contributed by atoms with Crippen LogP contribution in [0.4, 0.5) is 0 Å². The van der Waals surface area contributed by atoms with Gasteiger partial charge in [0.1, 0.15) is 0 Å². The van der Waals surface area contributed by atoms with Crippen LogP contribution in [0.2, 0.25) is 0 Å². The maximum atomic E-state index is 11.6. The normalized spacial score (nSPS) is 14.2. The Balaban J connectivity index is 2.79. The van der Waals surface area contributed by atoms with Crippen LogP contribution >= 0.6 is 0 Å². The minimum atomic E-state index is -4.46. The third-order valence-corrected chi connectivity index (χ3v) is 4.43. The lowest BCUT2D eigenvalue weighted by Gasteiger charge is -2.28. The SMILES string of the molecule is O=C(O)C[C@](NO)(C(=O)O)c1cccc2cc(S(=O)(=O)O)ccc12. The Hall–Kier alpha value is -2.53. The minimum absolute atomic E-state index is 0.0701. The lowest BCUT2D eigenvalue weighted by molar-refractivity contribution is -0.157. The molecule has 2 aromatic rings. The zero-order chi connectivity index (χ0) is 18.1. The highest BCUT2D eigenvalue weighted by Crippen LogP contribution is 2.33. The van der Waals surface area contributed by atoms with E-state index in [1.165, 1.54) is 24.3 Å². The molecule has 9 nitrogen and oxygen atoms in total. The first-order valence-corrected chi connectivity index (χ1v) is 7.93. The van der Waals surface area contributed by atoms with Crippen molar-refractivity contribution in [3.8, 4) is 0 Å². The molecule has 0 aliphatic heterocycles. The highest BCUT2D eigenvalue weighted by Gasteiger charge is 2.43. The number of carboxylic acids is 2. The molecular weight excluding hydrogens is 342 g/mol. The molecule has 0 heterocycles. The van der Waals surface area contributed by atoms with E-state index in [1.54, 1.807) is 5.48 Å². The summed E-state index contributed by atoms with van der Waals surface area (Å²) >= 11 is 0. The summed E-state index contributed by atoms with van der Waals surface area (Å²) in [6.45, 7) is 0. The summed E-state index contributed by atoms with van der Waals surface area (Å²) < 4.78 is 31.5. The number of benzene rings is 2. The van der Waals surface area contributed by atoms with Crippen LogP contribution in [-0.2, 0) is 25.2 Å². The van der Waals surface area contributed by atoms with Crippen molar-refractivity contribution in [3.05, 3.63) is 42.0 Å². The molecule has 2 aromatic carbocycles. The number of carbonyl (C=O) groups is 2. The minimum Gasteiger partial charge on any atom is -0.481 e. The Kier molecular flexibility index (Phi) is 4.58. The second kappa shape index (κ2) is 6.17. The zero-order valence-corrected chi connectivity index (χ0v) is 12.8. The first kappa shape index (κ1) is 17.8. The van der Waals surface area contributed by atoms with Crippen LogP contribution in [0, 0.1) is 0 Å². The lowest BCUT2D eigenvalue weighted by atomic mass is 9.84. The predicted octanol–water partition coefficient (Wildman–Crippen LogP) is 0.820. The molecule has 128 valence electrons. The van der Waals surface area contributed by atoms with E-state index in [9.17, 15) is 28.3 Å². The van der Waals surface area contributed by atoms with Crippen molar-refractivity contribution in [1.82, 2.24) is 5.48 Å². The summed E-state index contributed by atoms with van der Waals surface area (Å²) in [5.74, 6) is -3.09. The van der Waals surface area contributed by atoms with E-state index in [0.717, 1.165) is 12.1 Å². The van der Waals surface area contributed by atoms with Gasteiger partial charge < -0.3 is 15.4 Å². The molecule has 0 aromatic heterocycles. The second-order valence-electron chi connectivity index (χ2n) is 5.06. The molecule has 0 radical (unpaired) electrons. The summed E-state index contributed by atoms with van der Waals surface area (Å²) in [5, 5.41) is 28.2. The van der Waals surface area contributed by atoms with Gasteiger partial charge in [0.2, 0.25) is 0 Å². The largest absolute Gasteiger partial charge is 0.481 e. The summed E-state index contributed by atoms with van der Waals surface area (Å²) in [6, 6.07) is 7.52. The monoisotopic (exact) mass is 355 g/mol. The van der Waals surface area contributed by atoms with E-state index in [4.69, 9.17) is 9.66 Å². The van der Waals surface area contributed by atoms with E-state index in [1.807, 2.05) is 0 Å². The molecular formula is C14H13NO8S. The Morgan fingerprint density at radius 2 is 1.79 bits per heavy atom. The molecule has 0 aliphatic carbocycles. The molecule has 0 unspecified atom stereocenters. The molecule has 0 bridgehead atoms. The van der Waals surface area contributed by atoms with Crippen molar-refractivity contribution in [2.45, 2.75) is 16.9 Å². The van der Waals surface area contributed by atoms with Gasteiger partial charge in [-0.25, -0.2) is 4.79 Å². The van der Waals surface area contributed by atoms with Crippen LogP contribution in [0.5, 0.6) is 0 Å². The average molecular weight is 355 g/mol. The standard InChI is InChI=1S/C14H13NO8S/c16-12(17)7-14(15-20,13(18)19)11-3-1-2-8-6-9(24(21,22)23)4-5-10(8)11/h1-6,15,20H,7H2,(H,16,17)(H,18,19)(H,21,22,23)/t14-/m1/s1. The number of aliphatic carboxylic acids is 2. The van der Waals surface area contributed by atoms with Gasteiger partial charge in [0, 0.05) is 0 Å². The number of fused-ring (bicyclic) bond motifs is 1. The third-order valence-electron chi connectivity index (χ3n) is 3.58. The molecule has 0 spiro atoms. The van der Waals surface area contributed by atoms with E-state index >= 15 is 0 Å². The molecule has 0 fully saturated rings. The third kappa shape index (κ3) is 3.08. The lowest BCUT2D eigenvalue weighted by Crippen LogP contribution is -2.49. The molecule has 1 atom stereocenters. The summed E-state index contributed by atoms with van der Waals surface area (Å²) in [6.07, 6.45) is -0.960. The van der Waals surface area contributed by atoms with Gasteiger partial charge in [0.25, 0.3) is 10.1 Å². The van der Waals surface area contributed by atoms with Gasteiger partial charge in [-0.3, -0.25) is 9.35 Å². The van der Waals surface area contributed by atoms with E-state index < -0.39 is 38.9 Å². The van der Waals surface area contributed by atoms with Gasteiger partial charge in [-0.15, -0.1) is 0 Å². The smallest absolute Gasteiger partial charge is 0.331 e. The fraction of sp³-hybridized carbons (Fsp3) is 0.143. The molecule has 10 heteroatoms. The first-order valence-electron chi connectivity index (χ1n) is 6.49. The Labute approximate surface area is 135 Å². The molecule has 0 amide bonds. The van der Waals surface area contributed by atoms with Gasteiger partial charge >= 0.3 is 11.9 Å². The van der Waals surface area contributed by atoms with Crippen LogP contribution in [0.15, 0.2) is 41.3 Å². The number of carboxylic acid groups (broad SMARTS) is 2. The maximum absolute atomic E-state index is 11.6. The van der Waals surface area contributed by atoms with Crippen LogP contribution < -0.4 is 5.48 Å². The molecule has 0 saturated heterocycles. The fourth-order valence-electron chi connectivity index (χ4n) is 2.45. The second-order valence-corrected chi connectivity index (χ2v) is 6.48. The Bertz CT molecular complexity index is 924. The molecule has 2 rings (SSSR count). The highest BCUT2D eigenvalue weighted by molar-refractivity contribution is 7.85. The molecule has 5 N–H and O–H groups in total. The van der Waals surface area contributed by atoms with Crippen molar-refractivity contribution < 1.29 is 38.0 Å². The van der Waals surface area contributed by atoms with Gasteiger partial charge in [-0.05, 0) is 28.5 Å². The number of nitrogens with one attached hydrogen (secondary N) is 1. The van der Waals surface area contributed by atoms with Gasteiger partial charge in [0.15, 0.2) is 5.54 Å². The maximum Gasteiger partial charge on any atom is 0.331 e. The molecule has 0 saturated carbocycles. The van der Waals surface area contributed by atoms with Gasteiger partial charge in [-0.1, -0.05) is 24.3 Å². The fourth-order valence-corrected chi connectivity index (χ4v) is 2.97. The number of hydroxylamine groups is 1. The Morgan fingerprint density at radius 1 is 1.12 bits per heavy atom. The van der Waals surface area contributed by atoms with Crippen molar-refractivity contribution >= 4 is 32.8 Å². The zero-order valence-electron chi connectivity index (χ0n) is 12.0. The van der Waals surface area contributed by atoms with Crippen molar-refractivity contribution in [1.29, 1.82) is 0 Å².